The Bertz CT molecular complexity index is 487. The molecular weight excluding hydrogens is 212 g/mol. The summed E-state index contributed by atoms with van der Waals surface area (Å²) in [5.41, 5.74) is 3.54. The fourth-order valence-electron chi connectivity index (χ4n) is 2.17. The zero-order chi connectivity index (χ0) is 11.5. The topological polar surface area (TPSA) is 52.7 Å². The molecule has 1 fully saturated rings. The van der Waals surface area contributed by atoms with Crippen LogP contribution in [0.15, 0.2) is 24.5 Å². The molecule has 2 aromatic rings. The van der Waals surface area contributed by atoms with E-state index in [1.54, 1.807) is 6.33 Å². The molecule has 1 aliphatic rings. The molecular formula is C13H18N4. The maximum Gasteiger partial charge on any atom is 0.0931 e. The van der Waals surface area contributed by atoms with E-state index in [0.29, 0.717) is 0 Å². The zero-order valence-corrected chi connectivity index (χ0v) is 9.87. The summed E-state index contributed by atoms with van der Waals surface area (Å²) in [5.74, 6) is 0.838. The van der Waals surface area contributed by atoms with Crippen LogP contribution in [0.1, 0.15) is 5.56 Å². The first kappa shape index (κ1) is 10.7. The Hall–Kier alpha value is -1.39. The van der Waals surface area contributed by atoms with Crippen molar-refractivity contribution in [2.75, 3.05) is 26.2 Å². The van der Waals surface area contributed by atoms with Crippen molar-refractivity contribution in [3.05, 3.63) is 30.1 Å². The summed E-state index contributed by atoms with van der Waals surface area (Å²) >= 11 is 0. The summed E-state index contributed by atoms with van der Waals surface area (Å²) in [6.07, 6.45) is 2.82. The van der Waals surface area contributed by atoms with Crippen molar-refractivity contribution in [3.63, 3.8) is 0 Å². The van der Waals surface area contributed by atoms with Crippen LogP contribution in [0.5, 0.6) is 0 Å². The molecule has 1 aromatic heterocycles. The average molecular weight is 230 g/mol. The molecule has 0 amide bonds. The van der Waals surface area contributed by atoms with Gasteiger partial charge in [0.05, 0.1) is 17.4 Å². The van der Waals surface area contributed by atoms with Crippen LogP contribution < -0.4 is 10.6 Å². The number of nitrogens with zero attached hydrogens (tertiary/aromatic N) is 1. The lowest BCUT2D eigenvalue weighted by Gasteiger charge is -2.27. The minimum atomic E-state index is 0.838. The van der Waals surface area contributed by atoms with Crippen LogP contribution in [0.4, 0.5) is 0 Å². The summed E-state index contributed by atoms with van der Waals surface area (Å²) in [6.45, 7) is 4.54. The number of benzene rings is 1. The molecule has 3 N–H and O–H groups in total. The molecule has 1 aromatic carbocycles. The van der Waals surface area contributed by atoms with Crippen molar-refractivity contribution in [3.8, 4) is 0 Å². The van der Waals surface area contributed by atoms with Crippen LogP contribution in [0, 0.1) is 5.92 Å². The molecule has 0 bridgehead atoms. The molecule has 1 saturated heterocycles. The number of H-pyrrole nitrogens is 1. The maximum atomic E-state index is 4.22. The molecule has 0 spiro atoms. The van der Waals surface area contributed by atoms with E-state index in [1.807, 2.05) is 0 Å². The third-order valence-electron chi connectivity index (χ3n) is 3.37. The number of nitrogens with one attached hydrogen (secondary N) is 3. The van der Waals surface area contributed by atoms with Gasteiger partial charge >= 0.3 is 0 Å². The Morgan fingerprint density at radius 3 is 3.12 bits per heavy atom. The molecule has 0 unspecified atom stereocenters. The van der Waals surface area contributed by atoms with Gasteiger partial charge in [-0.25, -0.2) is 4.98 Å². The summed E-state index contributed by atoms with van der Waals surface area (Å²) in [4.78, 5) is 7.37. The summed E-state index contributed by atoms with van der Waals surface area (Å²) in [7, 11) is 0. The molecule has 1 aliphatic heterocycles. The smallest absolute Gasteiger partial charge is 0.0931 e. The Morgan fingerprint density at radius 2 is 2.29 bits per heavy atom. The van der Waals surface area contributed by atoms with E-state index in [9.17, 15) is 0 Å². The first-order valence-corrected chi connectivity index (χ1v) is 6.25. The Kier molecular flexibility index (Phi) is 3.07. The van der Waals surface area contributed by atoms with Gasteiger partial charge in [0.2, 0.25) is 0 Å². The van der Waals surface area contributed by atoms with Gasteiger partial charge in [0.25, 0.3) is 0 Å². The third kappa shape index (κ3) is 2.48. The lowest BCUT2D eigenvalue weighted by molar-refractivity contribution is 0.333. The van der Waals surface area contributed by atoms with Crippen molar-refractivity contribution in [1.82, 2.24) is 20.6 Å². The lowest BCUT2D eigenvalue weighted by Crippen LogP contribution is -2.47. The molecule has 0 radical (unpaired) electrons. The summed E-state index contributed by atoms with van der Waals surface area (Å²) in [5, 5.41) is 6.80. The third-order valence-corrected chi connectivity index (χ3v) is 3.37. The fraction of sp³-hybridized carbons (Fsp3) is 0.462. The van der Waals surface area contributed by atoms with Crippen molar-refractivity contribution < 1.29 is 0 Å². The van der Waals surface area contributed by atoms with E-state index >= 15 is 0 Å². The van der Waals surface area contributed by atoms with Gasteiger partial charge in [0.15, 0.2) is 0 Å². The van der Waals surface area contributed by atoms with Gasteiger partial charge < -0.3 is 15.6 Å². The van der Waals surface area contributed by atoms with Gasteiger partial charge in [-0.3, -0.25) is 0 Å². The zero-order valence-electron chi connectivity index (χ0n) is 9.87. The lowest BCUT2D eigenvalue weighted by atomic mass is 10.0. The van der Waals surface area contributed by atoms with Gasteiger partial charge in [-0.2, -0.15) is 0 Å². The number of fused-ring (bicyclic) bond motifs is 1. The van der Waals surface area contributed by atoms with Crippen LogP contribution in [0.3, 0.4) is 0 Å². The average Bonchev–Trinajstić information content (AvgIpc) is 2.73. The van der Waals surface area contributed by atoms with Gasteiger partial charge in [0, 0.05) is 19.6 Å². The van der Waals surface area contributed by atoms with Gasteiger partial charge in [-0.15, -0.1) is 0 Å². The summed E-state index contributed by atoms with van der Waals surface area (Å²) in [6, 6.07) is 6.43. The van der Waals surface area contributed by atoms with E-state index < -0.39 is 0 Å². The maximum absolute atomic E-state index is 4.22. The van der Waals surface area contributed by atoms with Gasteiger partial charge in [-0.1, -0.05) is 6.07 Å². The van der Waals surface area contributed by atoms with E-state index in [0.717, 1.165) is 36.5 Å². The molecule has 2 heterocycles. The number of aromatic amines is 1. The largest absolute Gasteiger partial charge is 0.345 e. The fourth-order valence-corrected chi connectivity index (χ4v) is 2.17. The number of rotatable bonds is 5. The Balaban J connectivity index is 1.49. The highest BCUT2D eigenvalue weighted by atomic mass is 15.0. The first-order valence-electron chi connectivity index (χ1n) is 6.25. The minimum absolute atomic E-state index is 0.838. The number of hydrogen-bond acceptors (Lipinski definition) is 3. The summed E-state index contributed by atoms with van der Waals surface area (Å²) < 4.78 is 0. The number of imidazole rings is 1. The van der Waals surface area contributed by atoms with Gasteiger partial charge in [0.1, 0.15) is 0 Å². The molecule has 3 rings (SSSR count). The Morgan fingerprint density at radius 1 is 1.35 bits per heavy atom. The van der Waals surface area contributed by atoms with Gasteiger partial charge in [-0.05, 0) is 36.6 Å². The van der Waals surface area contributed by atoms with Crippen molar-refractivity contribution >= 4 is 11.0 Å². The van der Waals surface area contributed by atoms with E-state index in [1.165, 1.54) is 18.7 Å². The second-order valence-electron chi connectivity index (χ2n) is 4.73. The van der Waals surface area contributed by atoms with Crippen LogP contribution in [0.2, 0.25) is 0 Å². The number of aromatic nitrogens is 2. The predicted molar refractivity (Wildman–Crippen MR) is 69.0 cm³/mol. The molecule has 90 valence electrons. The number of hydrogen-bond donors (Lipinski definition) is 3. The SMILES string of the molecule is c1nc2ccc(CCNCC3CNC3)cc2[nH]1. The van der Waals surface area contributed by atoms with Crippen LogP contribution >= 0.6 is 0 Å². The monoisotopic (exact) mass is 230 g/mol. The van der Waals surface area contributed by atoms with Crippen molar-refractivity contribution in [1.29, 1.82) is 0 Å². The molecule has 0 saturated carbocycles. The van der Waals surface area contributed by atoms with Crippen molar-refractivity contribution in [2.45, 2.75) is 6.42 Å². The van der Waals surface area contributed by atoms with E-state index in [4.69, 9.17) is 0 Å². The van der Waals surface area contributed by atoms with E-state index in [-0.39, 0.29) is 0 Å². The van der Waals surface area contributed by atoms with Crippen LogP contribution in [-0.2, 0) is 6.42 Å². The Labute approximate surface area is 101 Å². The molecule has 0 aliphatic carbocycles. The minimum Gasteiger partial charge on any atom is -0.345 e. The van der Waals surface area contributed by atoms with Crippen molar-refractivity contribution in [2.24, 2.45) is 5.92 Å². The standard InChI is InChI=1S/C13H18N4/c1-2-12-13(17-9-16-12)5-10(1)3-4-14-6-11-7-15-8-11/h1-2,5,9,11,14-15H,3-4,6-8H2,(H,16,17). The quantitative estimate of drug-likeness (QED) is 0.669. The molecule has 4 nitrogen and oxygen atoms in total. The highest BCUT2D eigenvalue weighted by Crippen LogP contribution is 2.11. The van der Waals surface area contributed by atoms with Crippen LogP contribution in [-0.4, -0.2) is 36.1 Å². The van der Waals surface area contributed by atoms with Crippen LogP contribution in [0.25, 0.3) is 11.0 Å². The second-order valence-corrected chi connectivity index (χ2v) is 4.73. The van der Waals surface area contributed by atoms with E-state index in [2.05, 4.69) is 38.8 Å². The molecule has 4 heteroatoms. The molecule has 17 heavy (non-hydrogen) atoms. The highest BCUT2D eigenvalue weighted by Gasteiger charge is 2.15. The normalized spacial score (nSPS) is 16.2. The molecule has 0 atom stereocenters. The predicted octanol–water partition coefficient (Wildman–Crippen LogP) is 0.914. The highest BCUT2D eigenvalue weighted by molar-refractivity contribution is 5.74. The first-order chi connectivity index (χ1) is 8.42. The second kappa shape index (κ2) is 4.85.